The summed E-state index contributed by atoms with van der Waals surface area (Å²) >= 11 is 0. The zero-order chi connectivity index (χ0) is 19.1. The summed E-state index contributed by atoms with van der Waals surface area (Å²) in [6.45, 7) is 5.42. The summed E-state index contributed by atoms with van der Waals surface area (Å²) in [6.07, 6.45) is 9.64. The SMILES string of the molecule is Cc1ccc(C(=O)CCC(=O)NC2CCN(CC3CCCCC3)CC2)cc1. The van der Waals surface area contributed by atoms with Crippen LogP contribution in [-0.2, 0) is 4.79 Å². The standard InChI is InChI=1S/C23H34N2O2/c1-18-7-9-20(10-8-18)22(26)11-12-23(27)24-21-13-15-25(16-14-21)17-19-5-3-2-4-6-19/h7-10,19,21H,2-6,11-17H2,1H3,(H,24,27). The van der Waals surface area contributed by atoms with Crippen molar-refractivity contribution in [1.82, 2.24) is 10.2 Å². The first-order chi connectivity index (χ1) is 13.1. The van der Waals surface area contributed by atoms with Crippen molar-refractivity contribution >= 4 is 11.7 Å². The molecule has 1 amide bonds. The number of Topliss-reactive ketones (excluding diaryl/α,β-unsaturated/α-hetero) is 1. The summed E-state index contributed by atoms with van der Waals surface area (Å²) in [4.78, 5) is 27.0. The van der Waals surface area contributed by atoms with E-state index in [-0.39, 0.29) is 30.6 Å². The predicted molar refractivity (Wildman–Crippen MR) is 109 cm³/mol. The van der Waals surface area contributed by atoms with Crippen LogP contribution in [-0.4, -0.2) is 42.3 Å². The molecule has 1 aliphatic heterocycles. The molecule has 4 nitrogen and oxygen atoms in total. The Bertz CT molecular complexity index is 612. The molecule has 148 valence electrons. The highest BCUT2D eigenvalue weighted by Gasteiger charge is 2.23. The number of hydrogen-bond donors (Lipinski definition) is 1. The second kappa shape index (κ2) is 10.0. The lowest BCUT2D eigenvalue weighted by molar-refractivity contribution is -0.122. The van der Waals surface area contributed by atoms with E-state index in [1.807, 2.05) is 31.2 Å². The van der Waals surface area contributed by atoms with Crippen LogP contribution in [0.15, 0.2) is 24.3 Å². The fourth-order valence-corrected chi connectivity index (χ4v) is 4.41. The van der Waals surface area contributed by atoms with E-state index in [0.717, 1.165) is 37.4 Å². The second-order valence-corrected chi connectivity index (χ2v) is 8.44. The molecule has 0 unspecified atom stereocenters. The number of nitrogens with zero attached hydrogens (tertiary/aromatic N) is 1. The van der Waals surface area contributed by atoms with Crippen molar-refractivity contribution in [2.24, 2.45) is 5.92 Å². The Hall–Kier alpha value is -1.68. The third-order valence-corrected chi connectivity index (χ3v) is 6.15. The Morgan fingerprint density at radius 1 is 0.963 bits per heavy atom. The van der Waals surface area contributed by atoms with Crippen LogP contribution in [0.5, 0.6) is 0 Å². The van der Waals surface area contributed by atoms with Gasteiger partial charge in [0.25, 0.3) is 0 Å². The third kappa shape index (κ3) is 6.46. The summed E-state index contributed by atoms with van der Waals surface area (Å²) in [5, 5.41) is 3.14. The summed E-state index contributed by atoms with van der Waals surface area (Å²) in [7, 11) is 0. The Morgan fingerprint density at radius 3 is 2.30 bits per heavy atom. The molecule has 1 aliphatic carbocycles. The lowest BCUT2D eigenvalue weighted by Crippen LogP contribution is -2.46. The smallest absolute Gasteiger partial charge is 0.220 e. The van der Waals surface area contributed by atoms with Crippen LogP contribution < -0.4 is 5.32 Å². The molecule has 2 fully saturated rings. The van der Waals surface area contributed by atoms with Gasteiger partial charge < -0.3 is 10.2 Å². The first-order valence-corrected chi connectivity index (χ1v) is 10.7. The summed E-state index contributed by atoms with van der Waals surface area (Å²) in [5.74, 6) is 0.950. The fourth-order valence-electron chi connectivity index (χ4n) is 4.41. The van der Waals surface area contributed by atoms with Crippen LogP contribution in [0.25, 0.3) is 0 Å². The van der Waals surface area contributed by atoms with Gasteiger partial charge in [0.05, 0.1) is 0 Å². The topological polar surface area (TPSA) is 49.4 Å². The minimum absolute atomic E-state index is 0.0150. The van der Waals surface area contributed by atoms with E-state index in [4.69, 9.17) is 0 Å². The van der Waals surface area contributed by atoms with E-state index < -0.39 is 0 Å². The van der Waals surface area contributed by atoms with Gasteiger partial charge >= 0.3 is 0 Å². The maximum absolute atomic E-state index is 12.2. The number of benzene rings is 1. The van der Waals surface area contributed by atoms with Crippen molar-refractivity contribution in [1.29, 1.82) is 0 Å². The zero-order valence-electron chi connectivity index (χ0n) is 16.7. The van der Waals surface area contributed by atoms with E-state index in [0.29, 0.717) is 5.56 Å². The van der Waals surface area contributed by atoms with Crippen molar-refractivity contribution in [2.75, 3.05) is 19.6 Å². The van der Waals surface area contributed by atoms with Crippen LogP contribution in [0, 0.1) is 12.8 Å². The van der Waals surface area contributed by atoms with E-state index in [2.05, 4.69) is 10.2 Å². The first-order valence-electron chi connectivity index (χ1n) is 10.7. The van der Waals surface area contributed by atoms with Crippen LogP contribution in [0.4, 0.5) is 0 Å². The first kappa shape index (κ1) is 20.1. The van der Waals surface area contributed by atoms with Gasteiger partial charge in [-0.05, 0) is 38.5 Å². The molecule has 0 spiro atoms. The quantitative estimate of drug-likeness (QED) is 0.735. The molecular weight excluding hydrogens is 336 g/mol. The molecule has 0 aromatic heterocycles. The number of nitrogens with one attached hydrogen (secondary N) is 1. The molecule has 1 aromatic rings. The minimum Gasteiger partial charge on any atom is -0.353 e. The third-order valence-electron chi connectivity index (χ3n) is 6.15. The number of ketones is 1. The van der Waals surface area contributed by atoms with Crippen LogP contribution in [0.2, 0.25) is 0 Å². The van der Waals surface area contributed by atoms with E-state index >= 15 is 0 Å². The molecule has 27 heavy (non-hydrogen) atoms. The van der Waals surface area contributed by atoms with Crippen molar-refractivity contribution in [2.45, 2.75) is 70.8 Å². The Labute approximate surface area is 163 Å². The van der Waals surface area contributed by atoms with Crippen LogP contribution in [0.1, 0.15) is 73.7 Å². The average molecular weight is 371 g/mol. The highest BCUT2D eigenvalue weighted by Crippen LogP contribution is 2.25. The number of hydrogen-bond acceptors (Lipinski definition) is 3. The predicted octanol–water partition coefficient (Wildman–Crippen LogP) is 4.12. The highest BCUT2D eigenvalue weighted by atomic mass is 16.2. The minimum atomic E-state index is 0.0150. The maximum atomic E-state index is 12.2. The molecule has 4 heteroatoms. The molecule has 1 saturated heterocycles. The molecule has 1 heterocycles. The zero-order valence-corrected chi connectivity index (χ0v) is 16.7. The lowest BCUT2D eigenvalue weighted by atomic mass is 9.88. The van der Waals surface area contributed by atoms with Gasteiger partial charge in [0, 0.05) is 44.1 Å². The molecule has 1 aromatic carbocycles. The highest BCUT2D eigenvalue weighted by molar-refractivity contribution is 5.97. The molecule has 2 aliphatic rings. The molecule has 1 N–H and O–H groups in total. The number of carbonyl (C=O) groups excluding carboxylic acids is 2. The molecule has 1 saturated carbocycles. The number of piperidine rings is 1. The van der Waals surface area contributed by atoms with Gasteiger partial charge in [0.1, 0.15) is 0 Å². The van der Waals surface area contributed by atoms with E-state index in [1.165, 1.54) is 38.6 Å². The van der Waals surface area contributed by atoms with Crippen molar-refractivity contribution in [3.63, 3.8) is 0 Å². The van der Waals surface area contributed by atoms with E-state index in [1.54, 1.807) is 0 Å². The molecular formula is C23H34N2O2. The number of carbonyl (C=O) groups is 2. The summed E-state index contributed by atoms with van der Waals surface area (Å²) in [5.41, 5.74) is 1.84. The van der Waals surface area contributed by atoms with Gasteiger partial charge in [-0.3, -0.25) is 9.59 Å². The van der Waals surface area contributed by atoms with Crippen molar-refractivity contribution < 1.29 is 9.59 Å². The average Bonchev–Trinajstić information content (AvgIpc) is 2.69. The Morgan fingerprint density at radius 2 is 1.63 bits per heavy atom. The number of likely N-dealkylation sites (tertiary alicyclic amines) is 1. The van der Waals surface area contributed by atoms with Gasteiger partial charge in [0.2, 0.25) is 5.91 Å². The van der Waals surface area contributed by atoms with Gasteiger partial charge in [-0.25, -0.2) is 0 Å². The lowest BCUT2D eigenvalue weighted by Gasteiger charge is -2.35. The monoisotopic (exact) mass is 370 g/mol. The second-order valence-electron chi connectivity index (χ2n) is 8.44. The Kier molecular flexibility index (Phi) is 7.45. The van der Waals surface area contributed by atoms with Crippen LogP contribution in [0.3, 0.4) is 0 Å². The molecule has 0 radical (unpaired) electrons. The van der Waals surface area contributed by atoms with E-state index in [9.17, 15) is 9.59 Å². The molecule has 0 bridgehead atoms. The fraction of sp³-hybridized carbons (Fsp3) is 0.652. The van der Waals surface area contributed by atoms with Gasteiger partial charge in [-0.1, -0.05) is 49.1 Å². The number of aryl methyl sites for hydroxylation is 1. The van der Waals surface area contributed by atoms with Gasteiger partial charge in [0.15, 0.2) is 5.78 Å². The van der Waals surface area contributed by atoms with Crippen molar-refractivity contribution in [3.8, 4) is 0 Å². The maximum Gasteiger partial charge on any atom is 0.220 e. The summed E-state index contributed by atoms with van der Waals surface area (Å²) in [6, 6.07) is 7.84. The largest absolute Gasteiger partial charge is 0.353 e. The van der Waals surface area contributed by atoms with Gasteiger partial charge in [-0.2, -0.15) is 0 Å². The normalized spacial score (nSPS) is 19.7. The van der Waals surface area contributed by atoms with Gasteiger partial charge in [-0.15, -0.1) is 0 Å². The number of amides is 1. The van der Waals surface area contributed by atoms with Crippen molar-refractivity contribution in [3.05, 3.63) is 35.4 Å². The van der Waals surface area contributed by atoms with Crippen LogP contribution >= 0.6 is 0 Å². The Balaban J connectivity index is 1.33. The summed E-state index contributed by atoms with van der Waals surface area (Å²) < 4.78 is 0. The molecule has 0 atom stereocenters. The molecule has 3 rings (SSSR count). The number of rotatable bonds is 7.